The van der Waals surface area contributed by atoms with Crippen LogP contribution in [0.15, 0.2) is 47.1 Å². The van der Waals surface area contributed by atoms with E-state index in [1.54, 1.807) is 30.5 Å². The summed E-state index contributed by atoms with van der Waals surface area (Å²) in [6.45, 7) is 0.625. The Kier molecular flexibility index (Phi) is 4.80. The predicted molar refractivity (Wildman–Crippen MR) is 90.1 cm³/mol. The fraction of sp³-hybridized carbons (Fsp3) is 0.235. The number of rotatable bonds is 4. The van der Waals surface area contributed by atoms with Crippen LogP contribution in [-0.2, 0) is 4.79 Å². The fourth-order valence-electron chi connectivity index (χ4n) is 2.59. The number of carbonyl (C=O) groups is 2. The first kappa shape index (κ1) is 16.4. The molecule has 0 bridgehead atoms. The lowest BCUT2D eigenvalue weighted by Crippen LogP contribution is -2.30. The van der Waals surface area contributed by atoms with Gasteiger partial charge in [-0.3, -0.25) is 9.59 Å². The number of hydrogen-bond acceptors (Lipinski definition) is 4. The Morgan fingerprint density at radius 2 is 2.12 bits per heavy atom. The summed E-state index contributed by atoms with van der Waals surface area (Å²) in [7, 11) is 0. The Balaban J connectivity index is 1.81. The third kappa shape index (κ3) is 3.56. The number of aliphatic carboxylic acids is 1. The molecular weight excluding hydrogens is 376 g/mol. The zero-order valence-corrected chi connectivity index (χ0v) is 14.3. The number of pyridine rings is 1. The summed E-state index contributed by atoms with van der Waals surface area (Å²) < 4.78 is 6.59. The molecule has 1 N–H and O–H groups in total. The van der Waals surface area contributed by atoms with Crippen LogP contribution in [0.25, 0.3) is 0 Å². The van der Waals surface area contributed by atoms with Gasteiger partial charge in [0.25, 0.3) is 5.91 Å². The normalized spacial score (nSPS) is 16.9. The van der Waals surface area contributed by atoms with Crippen molar-refractivity contribution < 1.29 is 19.4 Å². The fourth-order valence-corrected chi connectivity index (χ4v) is 2.97. The number of carboxylic acids is 1. The summed E-state index contributed by atoms with van der Waals surface area (Å²) in [5.41, 5.74) is 0.323. The smallest absolute Gasteiger partial charge is 0.308 e. The van der Waals surface area contributed by atoms with Crippen LogP contribution in [-0.4, -0.2) is 40.0 Å². The topological polar surface area (TPSA) is 79.7 Å². The molecule has 0 unspecified atom stereocenters. The molecule has 24 heavy (non-hydrogen) atoms. The van der Waals surface area contributed by atoms with Gasteiger partial charge in [0.2, 0.25) is 5.88 Å². The van der Waals surface area contributed by atoms with Crippen LogP contribution in [0.3, 0.4) is 0 Å². The third-order valence-corrected chi connectivity index (χ3v) is 4.33. The molecule has 1 aromatic carbocycles. The van der Waals surface area contributed by atoms with Crippen LogP contribution >= 0.6 is 15.9 Å². The molecule has 0 radical (unpaired) electrons. The number of halogens is 1. The first-order chi connectivity index (χ1) is 11.5. The van der Waals surface area contributed by atoms with Crippen LogP contribution in [0.5, 0.6) is 11.6 Å². The molecule has 1 aliphatic rings. The second kappa shape index (κ2) is 7.00. The SMILES string of the molecule is O=C(O)[C@@H]1CCN(C(=O)c2cccnc2Oc2cccc(Br)c2)C1. The molecule has 0 saturated carbocycles. The number of benzene rings is 1. The van der Waals surface area contributed by atoms with E-state index in [4.69, 9.17) is 9.84 Å². The van der Waals surface area contributed by atoms with Gasteiger partial charge < -0.3 is 14.7 Å². The number of carboxylic acid groups (broad SMARTS) is 1. The van der Waals surface area contributed by atoms with Gasteiger partial charge in [-0.25, -0.2) is 4.98 Å². The standard InChI is InChI=1S/C17H15BrN2O4/c18-12-3-1-4-13(9-12)24-15-14(5-2-7-19-15)16(21)20-8-6-11(10-20)17(22)23/h1-5,7,9,11H,6,8,10H2,(H,22,23)/t11-/m1/s1. The second-order valence-electron chi connectivity index (χ2n) is 5.49. The lowest BCUT2D eigenvalue weighted by molar-refractivity contribution is -0.141. The van der Waals surface area contributed by atoms with E-state index >= 15 is 0 Å². The molecule has 7 heteroatoms. The van der Waals surface area contributed by atoms with Gasteiger partial charge in [0, 0.05) is 23.8 Å². The van der Waals surface area contributed by atoms with Gasteiger partial charge in [0.1, 0.15) is 11.3 Å². The van der Waals surface area contributed by atoms with Crippen molar-refractivity contribution in [2.75, 3.05) is 13.1 Å². The highest BCUT2D eigenvalue weighted by atomic mass is 79.9. The van der Waals surface area contributed by atoms with Crippen LogP contribution < -0.4 is 4.74 Å². The third-order valence-electron chi connectivity index (χ3n) is 3.84. The molecule has 3 rings (SSSR count). The quantitative estimate of drug-likeness (QED) is 0.866. The van der Waals surface area contributed by atoms with E-state index in [-0.39, 0.29) is 18.3 Å². The monoisotopic (exact) mass is 390 g/mol. The molecule has 1 aliphatic heterocycles. The average molecular weight is 391 g/mol. The van der Waals surface area contributed by atoms with Crippen molar-refractivity contribution in [3.05, 3.63) is 52.6 Å². The molecule has 1 saturated heterocycles. The highest BCUT2D eigenvalue weighted by molar-refractivity contribution is 9.10. The lowest BCUT2D eigenvalue weighted by atomic mass is 10.1. The molecule has 124 valence electrons. The molecule has 1 fully saturated rings. The molecule has 6 nitrogen and oxygen atoms in total. The van der Waals surface area contributed by atoms with Gasteiger partial charge in [-0.05, 0) is 36.8 Å². The molecule has 0 aliphatic carbocycles. The number of nitrogens with zero attached hydrogens (tertiary/aromatic N) is 2. The molecule has 0 spiro atoms. The van der Waals surface area contributed by atoms with Gasteiger partial charge in [-0.2, -0.15) is 0 Å². The van der Waals surface area contributed by atoms with Gasteiger partial charge in [0.05, 0.1) is 5.92 Å². The van der Waals surface area contributed by atoms with E-state index in [9.17, 15) is 9.59 Å². The first-order valence-electron chi connectivity index (χ1n) is 7.45. The van der Waals surface area contributed by atoms with Gasteiger partial charge in [-0.15, -0.1) is 0 Å². The Labute approximate surface area is 147 Å². The number of ether oxygens (including phenoxy) is 1. The minimum absolute atomic E-state index is 0.208. The number of hydrogen-bond donors (Lipinski definition) is 1. The van der Waals surface area contributed by atoms with Gasteiger partial charge >= 0.3 is 5.97 Å². The maximum atomic E-state index is 12.7. The van der Waals surface area contributed by atoms with Crippen molar-refractivity contribution in [1.29, 1.82) is 0 Å². The minimum atomic E-state index is -0.873. The van der Waals surface area contributed by atoms with Crippen molar-refractivity contribution in [3.8, 4) is 11.6 Å². The summed E-state index contributed by atoms with van der Waals surface area (Å²) in [5, 5.41) is 9.08. The van der Waals surface area contributed by atoms with Gasteiger partial charge in [0.15, 0.2) is 0 Å². The summed E-state index contributed by atoms with van der Waals surface area (Å²) in [4.78, 5) is 29.4. The number of amides is 1. The Morgan fingerprint density at radius 3 is 2.83 bits per heavy atom. The van der Waals surface area contributed by atoms with E-state index in [2.05, 4.69) is 20.9 Å². The maximum Gasteiger partial charge on any atom is 0.308 e. The molecule has 2 heterocycles. The van der Waals surface area contributed by atoms with Gasteiger partial charge in [-0.1, -0.05) is 22.0 Å². The predicted octanol–water partition coefficient (Wildman–Crippen LogP) is 3.18. The van der Waals surface area contributed by atoms with Crippen molar-refractivity contribution in [2.24, 2.45) is 5.92 Å². The summed E-state index contributed by atoms with van der Waals surface area (Å²) >= 11 is 3.37. The van der Waals surface area contributed by atoms with E-state index in [1.165, 1.54) is 4.90 Å². The largest absolute Gasteiger partial charge is 0.481 e. The van der Waals surface area contributed by atoms with E-state index in [0.29, 0.717) is 24.3 Å². The number of carbonyl (C=O) groups excluding carboxylic acids is 1. The average Bonchev–Trinajstić information content (AvgIpc) is 3.05. The highest BCUT2D eigenvalue weighted by Gasteiger charge is 2.32. The Bertz CT molecular complexity index is 781. The van der Waals surface area contributed by atoms with E-state index in [1.807, 2.05) is 12.1 Å². The zero-order chi connectivity index (χ0) is 17.1. The van der Waals surface area contributed by atoms with Crippen molar-refractivity contribution in [3.63, 3.8) is 0 Å². The Morgan fingerprint density at radius 1 is 1.29 bits per heavy atom. The van der Waals surface area contributed by atoms with E-state index < -0.39 is 11.9 Å². The summed E-state index contributed by atoms with van der Waals surface area (Å²) in [6, 6.07) is 10.5. The van der Waals surface area contributed by atoms with E-state index in [0.717, 1.165) is 4.47 Å². The highest BCUT2D eigenvalue weighted by Crippen LogP contribution is 2.27. The van der Waals surface area contributed by atoms with Crippen LogP contribution in [0.2, 0.25) is 0 Å². The lowest BCUT2D eigenvalue weighted by Gasteiger charge is -2.17. The molecule has 1 aromatic heterocycles. The number of aromatic nitrogens is 1. The summed E-state index contributed by atoms with van der Waals surface area (Å²) in [5.74, 6) is -0.889. The molecule has 1 atom stereocenters. The van der Waals surface area contributed by atoms with Crippen molar-refractivity contribution >= 4 is 27.8 Å². The summed E-state index contributed by atoms with van der Waals surface area (Å²) in [6.07, 6.45) is 2.01. The first-order valence-corrected chi connectivity index (χ1v) is 8.24. The van der Waals surface area contributed by atoms with Crippen LogP contribution in [0.1, 0.15) is 16.8 Å². The van der Waals surface area contributed by atoms with Crippen molar-refractivity contribution in [1.82, 2.24) is 9.88 Å². The van der Waals surface area contributed by atoms with Crippen LogP contribution in [0, 0.1) is 5.92 Å². The molecular formula is C17H15BrN2O4. The second-order valence-corrected chi connectivity index (χ2v) is 6.41. The molecule has 2 aromatic rings. The number of likely N-dealkylation sites (tertiary alicyclic amines) is 1. The minimum Gasteiger partial charge on any atom is -0.481 e. The van der Waals surface area contributed by atoms with Crippen molar-refractivity contribution in [2.45, 2.75) is 6.42 Å². The Hall–Kier alpha value is -2.41. The maximum absolute atomic E-state index is 12.7. The molecule has 1 amide bonds. The zero-order valence-electron chi connectivity index (χ0n) is 12.7. The van der Waals surface area contributed by atoms with Crippen LogP contribution in [0.4, 0.5) is 0 Å².